The van der Waals surface area contributed by atoms with Crippen molar-refractivity contribution in [1.29, 1.82) is 0 Å². The SMILES string of the molecule is O=C(COc1ccc(Cl)cc1-c1ccnn1-c1ccccc1)N/N=C\c1coc2ccc(Br)cc2c1=O. The minimum absolute atomic E-state index is 0.195. The molecule has 10 heteroatoms. The average Bonchev–Trinajstić information content (AvgIpc) is 3.40. The van der Waals surface area contributed by atoms with Gasteiger partial charge in [-0.05, 0) is 54.6 Å². The van der Waals surface area contributed by atoms with Gasteiger partial charge >= 0.3 is 0 Å². The fraction of sp³-hybridized carbons (Fsp3) is 0.0370. The number of halogens is 2. The van der Waals surface area contributed by atoms with Gasteiger partial charge in [0, 0.05) is 15.1 Å². The maximum atomic E-state index is 12.6. The monoisotopic (exact) mass is 576 g/mol. The van der Waals surface area contributed by atoms with Gasteiger partial charge in [0.25, 0.3) is 5.91 Å². The molecule has 2 aromatic heterocycles. The summed E-state index contributed by atoms with van der Waals surface area (Å²) in [5.41, 5.74) is 5.03. The second kappa shape index (κ2) is 10.8. The number of para-hydroxylation sites is 1. The van der Waals surface area contributed by atoms with Crippen LogP contribution < -0.4 is 15.6 Å². The fourth-order valence-corrected chi connectivity index (χ4v) is 4.20. The highest BCUT2D eigenvalue weighted by Gasteiger charge is 2.15. The summed E-state index contributed by atoms with van der Waals surface area (Å²) in [4.78, 5) is 25.0. The Morgan fingerprint density at radius 3 is 2.81 bits per heavy atom. The molecular weight excluding hydrogens is 560 g/mol. The van der Waals surface area contributed by atoms with Crippen molar-refractivity contribution >= 4 is 50.6 Å². The molecule has 8 nitrogen and oxygen atoms in total. The van der Waals surface area contributed by atoms with Gasteiger partial charge in [-0.15, -0.1) is 0 Å². The van der Waals surface area contributed by atoms with Crippen LogP contribution in [0.5, 0.6) is 5.75 Å². The number of fused-ring (bicyclic) bond motifs is 1. The molecule has 0 aliphatic carbocycles. The highest BCUT2D eigenvalue weighted by Crippen LogP contribution is 2.33. The summed E-state index contributed by atoms with van der Waals surface area (Å²) >= 11 is 9.60. The molecule has 2 heterocycles. The van der Waals surface area contributed by atoms with Crippen molar-refractivity contribution in [2.45, 2.75) is 0 Å². The number of aromatic nitrogens is 2. The van der Waals surface area contributed by atoms with E-state index in [2.05, 4.69) is 31.6 Å². The predicted octanol–water partition coefficient (Wildman–Crippen LogP) is 5.59. The normalized spacial score (nSPS) is 11.2. The van der Waals surface area contributed by atoms with E-state index in [-0.39, 0.29) is 17.6 Å². The first-order valence-electron chi connectivity index (χ1n) is 11.0. The van der Waals surface area contributed by atoms with Crippen LogP contribution in [-0.2, 0) is 4.79 Å². The summed E-state index contributed by atoms with van der Waals surface area (Å²) in [5.74, 6) is -0.0661. The van der Waals surface area contributed by atoms with E-state index in [1.165, 1.54) is 12.5 Å². The Morgan fingerprint density at radius 2 is 1.97 bits per heavy atom. The van der Waals surface area contributed by atoms with Gasteiger partial charge in [-0.3, -0.25) is 9.59 Å². The Morgan fingerprint density at radius 1 is 1.14 bits per heavy atom. The molecule has 0 atom stereocenters. The Labute approximate surface area is 224 Å². The zero-order chi connectivity index (χ0) is 25.8. The third kappa shape index (κ3) is 5.47. The van der Waals surface area contributed by atoms with Gasteiger partial charge in [0.1, 0.15) is 17.6 Å². The Bertz CT molecular complexity index is 1680. The third-order valence-electron chi connectivity index (χ3n) is 5.37. The van der Waals surface area contributed by atoms with Crippen LogP contribution in [0.4, 0.5) is 0 Å². The number of nitrogens with one attached hydrogen (secondary N) is 1. The van der Waals surface area contributed by atoms with Crippen LogP contribution in [0.25, 0.3) is 27.9 Å². The molecular formula is C27H18BrClN4O4. The van der Waals surface area contributed by atoms with Crippen LogP contribution in [0.1, 0.15) is 5.56 Å². The maximum absolute atomic E-state index is 12.6. The number of hydrogen-bond donors (Lipinski definition) is 1. The summed E-state index contributed by atoms with van der Waals surface area (Å²) in [6.45, 7) is -0.315. The number of hydrazone groups is 1. The molecule has 5 aromatic rings. The second-order valence-electron chi connectivity index (χ2n) is 7.85. The molecule has 3 aromatic carbocycles. The number of carbonyl (C=O) groups is 1. The molecule has 0 radical (unpaired) electrons. The van der Waals surface area contributed by atoms with E-state index in [0.717, 1.165) is 15.9 Å². The van der Waals surface area contributed by atoms with Crippen LogP contribution in [0.2, 0.25) is 5.02 Å². The molecule has 1 amide bonds. The summed E-state index contributed by atoms with van der Waals surface area (Å²) in [6.07, 6.45) is 4.20. The number of ether oxygens (including phenoxy) is 1. The van der Waals surface area contributed by atoms with E-state index in [0.29, 0.717) is 27.3 Å². The molecule has 0 saturated carbocycles. The number of carbonyl (C=O) groups excluding carboxylic acids is 1. The lowest BCUT2D eigenvalue weighted by molar-refractivity contribution is -0.123. The Balaban J connectivity index is 1.30. The van der Waals surface area contributed by atoms with Crippen molar-refractivity contribution in [3.05, 3.63) is 111 Å². The Hall–Kier alpha value is -4.21. The van der Waals surface area contributed by atoms with Gasteiger partial charge in [-0.25, -0.2) is 10.1 Å². The highest BCUT2D eigenvalue weighted by molar-refractivity contribution is 9.10. The molecule has 37 heavy (non-hydrogen) atoms. The van der Waals surface area contributed by atoms with Crippen LogP contribution in [0, 0.1) is 0 Å². The van der Waals surface area contributed by atoms with Crippen molar-refractivity contribution in [3.63, 3.8) is 0 Å². The van der Waals surface area contributed by atoms with E-state index in [4.69, 9.17) is 20.8 Å². The molecule has 0 aliphatic heterocycles. The van der Waals surface area contributed by atoms with E-state index in [1.807, 2.05) is 36.4 Å². The van der Waals surface area contributed by atoms with E-state index < -0.39 is 5.91 Å². The minimum Gasteiger partial charge on any atom is -0.483 e. The molecule has 184 valence electrons. The average molecular weight is 578 g/mol. The lowest BCUT2D eigenvalue weighted by Gasteiger charge is -2.13. The van der Waals surface area contributed by atoms with E-state index in [1.54, 1.807) is 47.3 Å². The molecule has 0 fully saturated rings. The standard InChI is InChI=1S/C27H18BrClN4O4/c28-18-6-8-25-22(12-18)27(35)17(15-36-25)14-30-32-26(34)16-37-24-9-7-19(29)13-21(24)23-10-11-31-33(23)20-4-2-1-3-5-20/h1-15H,16H2,(H,32,34)/b30-14-. The van der Waals surface area contributed by atoms with E-state index in [9.17, 15) is 9.59 Å². The quantitative estimate of drug-likeness (QED) is 0.201. The van der Waals surface area contributed by atoms with E-state index >= 15 is 0 Å². The van der Waals surface area contributed by atoms with Crippen molar-refractivity contribution < 1.29 is 13.9 Å². The molecule has 1 N–H and O–H groups in total. The molecule has 0 spiro atoms. The first-order valence-corrected chi connectivity index (χ1v) is 12.2. The lowest BCUT2D eigenvalue weighted by Crippen LogP contribution is -2.25. The van der Waals surface area contributed by atoms with Gasteiger partial charge in [0.2, 0.25) is 5.43 Å². The molecule has 0 bridgehead atoms. The first-order chi connectivity index (χ1) is 18.0. The smallest absolute Gasteiger partial charge is 0.277 e. The van der Waals surface area contributed by atoms with Gasteiger partial charge in [-0.2, -0.15) is 10.2 Å². The van der Waals surface area contributed by atoms with Crippen LogP contribution in [0.3, 0.4) is 0 Å². The van der Waals surface area contributed by atoms with Gasteiger partial charge in [-0.1, -0.05) is 45.7 Å². The zero-order valence-electron chi connectivity index (χ0n) is 19.1. The first kappa shape index (κ1) is 24.5. The second-order valence-corrected chi connectivity index (χ2v) is 9.20. The topological polar surface area (TPSA) is 98.7 Å². The number of amides is 1. The third-order valence-corrected chi connectivity index (χ3v) is 6.10. The predicted molar refractivity (Wildman–Crippen MR) is 145 cm³/mol. The Kier molecular flexibility index (Phi) is 7.16. The van der Waals surface area contributed by atoms with Crippen LogP contribution >= 0.6 is 27.5 Å². The summed E-state index contributed by atoms with van der Waals surface area (Å²) < 4.78 is 13.8. The van der Waals surface area contributed by atoms with Crippen LogP contribution in [-0.4, -0.2) is 28.5 Å². The van der Waals surface area contributed by atoms with Crippen molar-refractivity contribution in [2.24, 2.45) is 5.10 Å². The summed E-state index contributed by atoms with van der Waals surface area (Å²) in [7, 11) is 0. The molecule has 0 unspecified atom stereocenters. The van der Waals surface area contributed by atoms with Crippen molar-refractivity contribution in [2.75, 3.05) is 6.61 Å². The number of nitrogens with zero attached hydrogens (tertiary/aromatic N) is 3. The van der Waals surface area contributed by atoms with Gasteiger partial charge in [0.05, 0.1) is 34.7 Å². The molecule has 5 rings (SSSR count). The summed E-state index contributed by atoms with van der Waals surface area (Å²) in [5, 5.41) is 9.20. The summed E-state index contributed by atoms with van der Waals surface area (Å²) in [6, 6.07) is 21.7. The zero-order valence-corrected chi connectivity index (χ0v) is 21.4. The number of rotatable bonds is 7. The fourth-order valence-electron chi connectivity index (χ4n) is 3.67. The minimum atomic E-state index is -0.512. The maximum Gasteiger partial charge on any atom is 0.277 e. The number of benzene rings is 3. The molecule has 0 aliphatic rings. The van der Waals surface area contributed by atoms with Crippen molar-refractivity contribution in [3.8, 4) is 22.7 Å². The largest absolute Gasteiger partial charge is 0.483 e. The highest BCUT2D eigenvalue weighted by atomic mass is 79.9. The number of hydrogen-bond acceptors (Lipinski definition) is 6. The van der Waals surface area contributed by atoms with Crippen LogP contribution in [0.15, 0.2) is 104 Å². The van der Waals surface area contributed by atoms with Gasteiger partial charge in [0.15, 0.2) is 6.61 Å². The van der Waals surface area contributed by atoms with Gasteiger partial charge < -0.3 is 9.15 Å². The molecule has 0 saturated heterocycles. The van der Waals surface area contributed by atoms with Crippen molar-refractivity contribution in [1.82, 2.24) is 15.2 Å². The lowest BCUT2D eigenvalue weighted by atomic mass is 10.1.